The molecule has 1 aliphatic heterocycles. The number of hydrogen-bond donors (Lipinski definition) is 1. The molecule has 0 radical (unpaired) electrons. The van der Waals surface area contributed by atoms with Gasteiger partial charge >= 0.3 is 0 Å². The Morgan fingerprint density at radius 2 is 1.97 bits per heavy atom. The minimum atomic E-state index is -0.335. The zero-order valence-corrected chi connectivity index (χ0v) is 18.1. The van der Waals surface area contributed by atoms with Crippen molar-refractivity contribution in [3.05, 3.63) is 79.4 Å². The second-order valence-corrected chi connectivity index (χ2v) is 8.36. The van der Waals surface area contributed by atoms with Crippen LogP contribution >= 0.6 is 35.4 Å². The first kappa shape index (κ1) is 19.2. The van der Waals surface area contributed by atoms with Gasteiger partial charge in [-0.2, -0.15) is 4.98 Å². The number of hydrogen-bond acceptors (Lipinski definition) is 5. The molecular formula is C21H15Cl2N5OS. The number of rotatable bonds is 2. The van der Waals surface area contributed by atoms with Crippen LogP contribution in [-0.4, -0.2) is 25.6 Å². The quantitative estimate of drug-likeness (QED) is 0.419. The lowest BCUT2D eigenvalue weighted by molar-refractivity contribution is 0.739. The highest BCUT2D eigenvalue weighted by molar-refractivity contribution is 7.71. The van der Waals surface area contributed by atoms with Crippen molar-refractivity contribution in [2.24, 2.45) is 0 Å². The summed E-state index contributed by atoms with van der Waals surface area (Å²) < 4.78 is 1.91. The molecule has 0 amide bonds. The third kappa shape index (κ3) is 3.01. The molecular weight excluding hydrogens is 441 g/mol. The Kier molecular flexibility index (Phi) is 4.61. The van der Waals surface area contributed by atoms with Crippen molar-refractivity contribution in [2.45, 2.75) is 19.4 Å². The Morgan fingerprint density at radius 1 is 1.17 bits per heavy atom. The number of nitrogens with one attached hydrogen (secondary N) is 1. The highest BCUT2D eigenvalue weighted by atomic mass is 35.5. The molecule has 1 N–H and O–H groups in total. The van der Waals surface area contributed by atoms with Gasteiger partial charge in [0.1, 0.15) is 16.4 Å². The molecule has 0 saturated carbocycles. The maximum Gasteiger partial charge on any atom is 0.264 e. The van der Waals surface area contributed by atoms with Crippen LogP contribution in [0.2, 0.25) is 10.0 Å². The van der Waals surface area contributed by atoms with Gasteiger partial charge in [0.25, 0.3) is 5.56 Å². The second-order valence-electron chi connectivity index (χ2n) is 7.16. The first-order valence-corrected chi connectivity index (χ1v) is 10.4. The first-order chi connectivity index (χ1) is 14.4. The summed E-state index contributed by atoms with van der Waals surface area (Å²) >= 11 is 17.7. The normalized spacial score (nSPS) is 15.6. The minimum Gasteiger partial charge on any atom is -0.309 e. The van der Waals surface area contributed by atoms with Crippen LogP contribution in [0.1, 0.15) is 12.5 Å². The standard InChI is InChI=1S/C21H15Cl2N5OS/c1-11-8-12-4-2-3-5-16(12)28(11)21-25-18-17(19(29)26-21)20(30)27(10-24-18)13-6-7-14(22)15(23)9-13/h2-7,9-11H,8H2,1H3,(H,25,26,29)/t11-/m0/s1. The smallest absolute Gasteiger partial charge is 0.264 e. The van der Waals surface area contributed by atoms with Crippen LogP contribution in [0.25, 0.3) is 16.7 Å². The van der Waals surface area contributed by atoms with Crippen molar-refractivity contribution in [2.75, 3.05) is 4.90 Å². The van der Waals surface area contributed by atoms with E-state index >= 15 is 0 Å². The van der Waals surface area contributed by atoms with Gasteiger partial charge in [0.05, 0.1) is 10.0 Å². The average molecular weight is 456 g/mol. The predicted octanol–water partition coefficient (Wildman–Crippen LogP) is 5.23. The summed E-state index contributed by atoms with van der Waals surface area (Å²) in [6.07, 6.45) is 2.42. The molecule has 0 fully saturated rings. The van der Waals surface area contributed by atoms with E-state index in [0.717, 1.165) is 12.1 Å². The summed E-state index contributed by atoms with van der Waals surface area (Å²) in [4.78, 5) is 27.0. The van der Waals surface area contributed by atoms with Gasteiger partial charge in [-0.25, -0.2) is 4.98 Å². The number of para-hydroxylation sites is 1. The van der Waals surface area contributed by atoms with Crippen molar-refractivity contribution >= 4 is 58.1 Å². The van der Waals surface area contributed by atoms with Gasteiger partial charge in [-0.3, -0.25) is 14.3 Å². The van der Waals surface area contributed by atoms with Gasteiger partial charge in [-0.15, -0.1) is 0 Å². The third-order valence-electron chi connectivity index (χ3n) is 5.23. The predicted molar refractivity (Wildman–Crippen MR) is 122 cm³/mol. The number of fused-ring (bicyclic) bond motifs is 2. The number of aromatic nitrogens is 4. The summed E-state index contributed by atoms with van der Waals surface area (Å²) in [5, 5.41) is 1.08. The molecule has 0 bridgehead atoms. The highest BCUT2D eigenvalue weighted by Crippen LogP contribution is 2.36. The number of aromatic amines is 1. The van der Waals surface area contributed by atoms with Gasteiger partial charge in [0.2, 0.25) is 5.95 Å². The van der Waals surface area contributed by atoms with Crippen molar-refractivity contribution in [1.29, 1.82) is 0 Å². The number of H-pyrrole nitrogens is 1. The molecule has 2 aromatic carbocycles. The molecule has 5 rings (SSSR count). The molecule has 0 unspecified atom stereocenters. The van der Waals surface area contributed by atoms with Gasteiger partial charge in [-0.1, -0.05) is 53.6 Å². The van der Waals surface area contributed by atoms with Crippen molar-refractivity contribution in [1.82, 2.24) is 19.5 Å². The maximum atomic E-state index is 13.0. The molecule has 1 atom stereocenters. The van der Waals surface area contributed by atoms with E-state index in [2.05, 4.69) is 27.9 Å². The summed E-state index contributed by atoms with van der Waals surface area (Å²) in [5.74, 6) is 0.458. The van der Waals surface area contributed by atoms with Crippen LogP contribution in [0.5, 0.6) is 0 Å². The van der Waals surface area contributed by atoms with Crippen LogP contribution in [0.15, 0.2) is 53.6 Å². The van der Waals surface area contributed by atoms with Crippen LogP contribution in [-0.2, 0) is 6.42 Å². The summed E-state index contributed by atoms with van der Waals surface area (Å²) in [7, 11) is 0. The van der Waals surface area contributed by atoms with Crippen molar-refractivity contribution < 1.29 is 0 Å². The lowest BCUT2D eigenvalue weighted by Gasteiger charge is -2.23. The Morgan fingerprint density at radius 3 is 2.77 bits per heavy atom. The molecule has 1 aliphatic rings. The van der Waals surface area contributed by atoms with Gasteiger partial charge in [-0.05, 0) is 43.2 Å². The van der Waals surface area contributed by atoms with Crippen LogP contribution in [0.4, 0.5) is 11.6 Å². The maximum absolute atomic E-state index is 13.0. The number of benzene rings is 2. The monoisotopic (exact) mass is 455 g/mol. The Bertz CT molecular complexity index is 1430. The fraction of sp³-hybridized carbons (Fsp3) is 0.143. The molecule has 150 valence electrons. The molecule has 9 heteroatoms. The van der Waals surface area contributed by atoms with Gasteiger partial charge in [0.15, 0.2) is 5.65 Å². The molecule has 0 spiro atoms. The van der Waals surface area contributed by atoms with E-state index in [1.807, 2.05) is 23.1 Å². The van der Waals surface area contributed by atoms with E-state index in [1.54, 1.807) is 29.1 Å². The van der Waals surface area contributed by atoms with Crippen LogP contribution in [0, 0.1) is 4.64 Å². The second kappa shape index (κ2) is 7.19. The summed E-state index contributed by atoms with van der Waals surface area (Å²) in [6, 6.07) is 13.4. The zero-order valence-electron chi connectivity index (χ0n) is 15.8. The Labute approximate surface area is 186 Å². The fourth-order valence-corrected chi connectivity index (χ4v) is 4.47. The number of nitrogens with zero attached hydrogens (tertiary/aromatic N) is 4. The average Bonchev–Trinajstić information content (AvgIpc) is 3.05. The summed E-state index contributed by atoms with van der Waals surface area (Å²) in [6.45, 7) is 2.10. The first-order valence-electron chi connectivity index (χ1n) is 9.28. The lowest BCUT2D eigenvalue weighted by Crippen LogP contribution is -2.28. The lowest BCUT2D eigenvalue weighted by atomic mass is 10.1. The highest BCUT2D eigenvalue weighted by Gasteiger charge is 2.29. The number of halogens is 2. The van der Waals surface area contributed by atoms with E-state index < -0.39 is 0 Å². The van der Waals surface area contributed by atoms with Gasteiger partial charge < -0.3 is 4.90 Å². The third-order valence-corrected chi connectivity index (χ3v) is 6.37. The molecule has 30 heavy (non-hydrogen) atoms. The van der Waals surface area contributed by atoms with Crippen molar-refractivity contribution in [3.63, 3.8) is 0 Å². The Balaban J connectivity index is 1.67. The van der Waals surface area contributed by atoms with Gasteiger partial charge in [0, 0.05) is 17.4 Å². The van der Waals surface area contributed by atoms with E-state index in [4.69, 9.17) is 35.4 Å². The van der Waals surface area contributed by atoms with Crippen LogP contribution < -0.4 is 10.5 Å². The molecule has 0 aliphatic carbocycles. The largest absolute Gasteiger partial charge is 0.309 e. The molecule has 0 saturated heterocycles. The van der Waals surface area contributed by atoms with E-state index in [-0.39, 0.29) is 17.0 Å². The molecule has 4 aromatic rings. The van der Waals surface area contributed by atoms with E-state index in [1.165, 1.54) is 5.56 Å². The van der Waals surface area contributed by atoms with E-state index in [0.29, 0.717) is 32.0 Å². The molecule has 6 nitrogen and oxygen atoms in total. The SMILES string of the molecule is C[C@H]1Cc2ccccc2N1c1nc2ncn(-c3ccc(Cl)c(Cl)c3)c(=S)c2c(=O)[nH]1. The van der Waals surface area contributed by atoms with Crippen molar-refractivity contribution in [3.8, 4) is 5.69 Å². The molecule has 2 aromatic heterocycles. The minimum absolute atomic E-state index is 0.163. The van der Waals surface area contributed by atoms with E-state index in [9.17, 15) is 4.79 Å². The fourth-order valence-electron chi connectivity index (χ4n) is 3.84. The number of anilines is 2. The zero-order chi connectivity index (χ0) is 21.0. The van der Waals surface area contributed by atoms with Crippen LogP contribution in [0.3, 0.4) is 0 Å². The topological polar surface area (TPSA) is 66.8 Å². The molecule has 3 heterocycles. The summed E-state index contributed by atoms with van der Waals surface area (Å²) in [5.41, 5.74) is 2.88. The Hall–Kier alpha value is -2.74.